The lowest BCUT2D eigenvalue weighted by Gasteiger charge is -2.56. The number of esters is 1. The number of hydrogen-bond donors (Lipinski definition) is 0. The highest BCUT2D eigenvalue weighted by Crippen LogP contribution is 2.65. The fraction of sp³-hybridized carbons (Fsp3) is 0.577. The van der Waals surface area contributed by atoms with Gasteiger partial charge in [-0.25, -0.2) is 4.79 Å². The second-order valence-corrected chi connectivity index (χ2v) is 10.1. The molecule has 3 fully saturated rings. The third-order valence-corrected chi connectivity index (χ3v) is 8.95. The first-order chi connectivity index (χ1) is 14.5. The summed E-state index contributed by atoms with van der Waals surface area (Å²) in [7, 11) is 0. The molecule has 4 aliphatic rings. The molecule has 3 saturated carbocycles. The first kappa shape index (κ1) is 19.7. The number of carbonyl (C=O) groups is 3. The molecule has 0 saturated heterocycles. The lowest BCUT2D eigenvalue weighted by molar-refractivity contribution is -0.130. The van der Waals surface area contributed by atoms with E-state index in [2.05, 4.69) is 6.92 Å². The molecule has 4 aliphatic carbocycles. The maximum Gasteiger partial charge on any atom is 0.338 e. The van der Waals surface area contributed by atoms with E-state index in [1.54, 1.807) is 18.2 Å². The van der Waals surface area contributed by atoms with Crippen molar-refractivity contribution in [1.29, 1.82) is 0 Å². The van der Waals surface area contributed by atoms with Crippen LogP contribution < -0.4 is 0 Å². The summed E-state index contributed by atoms with van der Waals surface area (Å²) in [6, 6.07) is 9.24. The Hall–Kier alpha value is -2.23. The molecule has 4 heteroatoms. The molecule has 0 aromatic heterocycles. The van der Waals surface area contributed by atoms with Crippen LogP contribution in [0, 0.1) is 28.6 Å². The highest BCUT2D eigenvalue weighted by Gasteiger charge is 2.61. The van der Waals surface area contributed by atoms with Crippen LogP contribution in [0.25, 0.3) is 0 Å². The number of allylic oxidation sites excluding steroid dienone is 1. The van der Waals surface area contributed by atoms with Crippen LogP contribution in [0.2, 0.25) is 0 Å². The Morgan fingerprint density at radius 3 is 2.60 bits per heavy atom. The number of fused-ring (bicyclic) bond motifs is 5. The van der Waals surface area contributed by atoms with Crippen LogP contribution in [0.5, 0.6) is 0 Å². The fourth-order valence-corrected chi connectivity index (χ4v) is 7.41. The van der Waals surface area contributed by atoms with E-state index < -0.39 is 5.41 Å². The Morgan fingerprint density at radius 1 is 1.03 bits per heavy atom. The zero-order valence-corrected chi connectivity index (χ0v) is 17.6. The van der Waals surface area contributed by atoms with E-state index in [1.807, 2.05) is 18.2 Å². The van der Waals surface area contributed by atoms with Crippen molar-refractivity contribution in [2.75, 3.05) is 0 Å². The predicted molar refractivity (Wildman–Crippen MR) is 113 cm³/mol. The molecular formula is C26H30O4. The Morgan fingerprint density at radius 2 is 1.83 bits per heavy atom. The van der Waals surface area contributed by atoms with Gasteiger partial charge in [0.25, 0.3) is 0 Å². The van der Waals surface area contributed by atoms with E-state index in [9.17, 15) is 14.4 Å². The molecule has 1 aromatic rings. The van der Waals surface area contributed by atoms with Crippen LogP contribution >= 0.6 is 0 Å². The highest BCUT2D eigenvalue weighted by atomic mass is 16.5. The van der Waals surface area contributed by atoms with Gasteiger partial charge in [-0.1, -0.05) is 30.7 Å². The van der Waals surface area contributed by atoms with Crippen LogP contribution in [0.15, 0.2) is 42.0 Å². The molecule has 0 spiro atoms. The van der Waals surface area contributed by atoms with Crippen molar-refractivity contribution in [2.24, 2.45) is 28.6 Å². The highest BCUT2D eigenvalue weighted by molar-refractivity contribution is 5.93. The Bertz CT molecular complexity index is 903. The molecule has 0 aliphatic heterocycles. The molecule has 0 unspecified atom stereocenters. The van der Waals surface area contributed by atoms with Crippen molar-refractivity contribution >= 4 is 18.0 Å². The van der Waals surface area contributed by atoms with Crippen LogP contribution in [0.4, 0.5) is 0 Å². The minimum atomic E-state index is -0.434. The van der Waals surface area contributed by atoms with E-state index in [0.29, 0.717) is 36.2 Å². The third-order valence-electron chi connectivity index (χ3n) is 8.95. The van der Waals surface area contributed by atoms with E-state index in [0.717, 1.165) is 44.1 Å². The summed E-state index contributed by atoms with van der Waals surface area (Å²) in [4.78, 5) is 37.1. The Balaban J connectivity index is 1.39. The standard InChI is InChI=1S/C26H30O4/c1-25-13-12-22-20(8-7-18-15-19(28)11-14-26(18,22)16-27)21(25)9-10-23(25)30-24(29)17-5-3-2-4-6-17/h2-6,15-16,20-23H,7-14H2,1H3/t20-,21-,22-,23-,25-,26+/m0/s1. The van der Waals surface area contributed by atoms with Gasteiger partial charge in [-0.05, 0) is 80.9 Å². The lowest BCUT2D eigenvalue weighted by atomic mass is 9.47. The van der Waals surface area contributed by atoms with E-state index in [4.69, 9.17) is 4.74 Å². The molecule has 30 heavy (non-hydrogen) atoms. The SMILES string of the molecule is C[C@]12CC[C@H]3[C@@H](CCC4=CC(=O)CC[C@@]43C=O)[C@@H]1CC[C@@H]2OC(=O)c1ccccc1. The summed E-state index contributed by atoms with van der Waals surface area (Å²) in [5, 5.41) is 0. The number of hydrogen-bond acceptors (Lipinski definition) is 4. The van der Waals surface area contributed by atoms with Crippen LogP contribution in [0.1, 0.15) is 68.6 Å². The zero-order chi connectivity index (χ0) is 20.9. The van der Waals surface area contributed by atoms with Crippen molar-refractivity contribution in [3.63, 3.8) is 0 Å². The molecule has 4 nitrogen and oxygen atoms in total. The van der Waals surface area contributed by atoms with Crippen molar-refractivity contribution in [3.05, 3.63) is 47.5 Å². The summed E-state index contributed by atoms with van der Waals surface area (Å²) < 4.78 is 6.06. The molecule has 0 amide bonds. The summed E-state index contributed by atoms with van der Waals surface area (Å²) in [5.41, 5.74) is 1.24. The number of ether oxygens (including phenoxy) is 1. The van der Waals surface area contributed by atoms with Gasteiger partial charge >= 0.3 is 5.97 Å². The lowest BCUT2D eigenvalue weighted by Crippen LogP contribution is -2.53. The van der Waals surface area contributed by atoms with Crippen LogP contribution in [0.3, 0.4) is 0 Å². The molecule has 0 N–H and O–H groups in total. The van der Waals surface area contributed by atoms with Crippen molar-refractivity contribution in [3.8, 4) is 0 Å². The molecule has 0 radical (unpaired) electrons. The number of benzene rings is 1. The van der Waals surface area contributed by atoms with E-state index in [1.165, 1.54) is 6.29 Å². The molecule has 0 bridgehead atoms. The Kier molecular flexibility index (Phi) is 4.72. The number of rotatable bonds is 3. The molecule has 5 rings (SSSR count). The van der Waals surface area contributed by atoms with Crippen LogP contribution in [-0.2, 0) is 14.3 Å². The Labute approximate surface area is 178 Å². The second kappa shape index (κ2) is 7.18. The molecule has 0 heterocycles. The summed E-state index contributed by atoms with van der Waals surface area (Å²) in [6.45, 7) is 2.30. The molecule has 1 aromatic carbocycles. The van der Waals surface area contributed by atoms with Gasteiger partial charge in [0.15, 0.2) is 5.78 Å². The predicted octanol–water partition coefficient (Wildman–Crippen LogP) is 4.92. The largest absolute Gasteiger partial charge is 0.458 e. The van der Waals surface area contributed by atoms with Gasteiger partial charge in [-0.3, -0.25) is 4.79 Å². The van der Waals surface area contributed by atoms with Crippen LogP contribution in [-0.4, -0.2) is 24.1 Å². The summed E-state index contributed by atoms with van der Waals surface area (Å²) in [5.74, 6) is 1.22. The first-order valence-corrected chi connectivity index (χ1v) is 11.4. The van der Waals surface area contributed by atoms with Gasteiger partial charge in [0.05, 0.1) is 11.0 Å². The fourth-order valence-electron chi connectivity index (χ4n) is 7.41. The van der Waals surface area contributed by atoms with Crippen molar-refractivity contribution < 1.29 is 19.1 Å². The molecule has 158 valence electrons. The van der Waals surface area contributed by atoms with Crippen molar-refractivity contribution in [1.82, 2.24) is 0 Å². The minimum Gasteiger partial charge on any atom is -0.458 e. The average molecular weight is 407 g/mol. The average Bonchev–Trinajstić information content (AvgIpc) is 3.10. The van der Waals surface area contributed by atoms with Crippen molar-refractivity contribution in [2.45, 2.75) is 64.4 Å². The number of aldehydes is 1. The number of ketones is 1. The second-order valence-electron chi connectivity index (χ2n) is 10.1. The van der Waals surface area contributed by atoms with Gasteiger partial charge in [0, 0.05) is 11.8 Å². The topological polar surface area (TPSA) is 60.4 Å². The maximum absolute atomic E-state index is 12.7. The third kappa shape index (κ3) is 2.83. The summed E-state index contributed by atoms with van der Waals surface area (Å²) >= 11 is 0. The van der Waals surface area contributed by atoms with Gasteiger partial charge in [-0.2, -0.15) is 0 Å². The first-order valence-electron chi connectivity index (χ1n) is 11.4. The number of carbonyl (C=O) groups excluding carboxylic acids is 3. The van der Waals surface area contributed by atoms with Gasteiger partial charge in [0.1, 0.15) is 12.4 Å². The summed E-state index contributed by atoms with van der Waals surface area (Å²) in [6.07, 6.45) is 9.86. The van der Waals surface area contributed by atoms with Gasteiger partial charge in [0.2, 0.25) is 0 Å². The quantitative estimate of drug-likeness (QED) is 0.528. The van der Waals surface area contributed by atoms with E-state index >= 15 is 0 Å². The maximum atomic E-state index is 12.7. The normalized spacial score (nSPS) is 39.9. The smallest absolute Gasteiger partial charge is 0.338 e. The molecule has 6 atom stereocenters. The van der Waals surface area contributed by atoms with Gasteiger partial charge in [-0.15, -0.1) is 0 Å². The van der Waals surface area contributed by atoms with Gasteiger partial charge < -0.3 is 9.53 Å². The zero-order valence-electron chi connectivity index (χ0n) is 17.6. The monoisotopic (exact) mass is 406 g/mol. The minimum absolute atomic E-state index is 0.0264. The van der Waals surface area contributed by atoms with E-state index in [-0.39, 0.29) is 23.3 Å². The molecular weight excluding hydrogens is 376 g/mol.